The highest BCUT2D eigenvalue weighted by Gasteiger charge is 2.36. The number of hydrogen-bond donors (Lipinski definition) is 1. The largest absolute Gasteiger partial charge is 0.394 e. The number of carbonyl (C=O) groups is 1. The molecule has 1 aromatic rings. The summed E-state index contributed by atoms with van der Waals surface area (Å²) in [6, 6.07) is 1.12. The average molecular weight is 306 g/mol. The van der Waals surface area contributed by atoms with Crippen molar-refractivity contribution in [3.05, 3.63) is 34.4 Å². The highest BCUT2D eigenvalue weighted by atomic mass is 35.5. The van der Waals surface area contributed by atoms with Gasteiger partial charge in [-0.1, -0.05) is 11.6 Å². The molecule has 1 amide bonds. The normalized spacial score (nSPS) is 22.4. The summed E-state index contributed by atoms with van der Waals surface area (Å²) in [5.74, 6) is -2.80. The van der Waals surface area contributed by atoms with Crippen molar-refractivity contribution in [1.82, 2.24) is 4.90 Å². The Labute approximate surface area is 119 Å². The highest BCUT2D eigenvalue weighted by Crippen LogP contribution is 2.26. The molecule has 0 unspecified atom stereocenters. The maximum atomic E-state index is 13.2. The second-order valence-corrected chi connectivity index (χ2v) is 5.04. The molecule has 7 heteroatoms. The molecule has 1 aromatic carbocycles. The van der Waals surface area contributed by atoms with Crippen LogP contribution in [0.4, 0.5) is 8.78 Å². The summed E-state index contributed by atoms with van der Waals surface area (Å²) in [6.07, 6.45) is 0.292. The second-order valence-electron chi connectivity index (χ2n) is 4.63. The van der Waals surface area contributed by atoms with E-state index >= 15 is 0 Å². The Hall–Kier alpha value is -1.24. The molecule has 1 aliphatic heterocycles. The van der Waals surface area contributed by atoms with Gasteiger partial charge in [0.25, 0.3) is 5.91 Å². The Morgan fingerprint density at radius 3 is 2.75 bits per heavy atom. The number of likely N-dealkylation sites (tertiary alicyclic amines) is 1. The fourth-order valence-corrected chi connectivity index (χ4v) is 2.54. The molecule has 0 spiro atoms. The first-order valence-corrected chi connectivity index (χ1v) is 6.44. The maximum Gasteiger partial charge on any atom is 0.255 e. The molecule has 2 atom stereocenters. The van der Waals surface area contributed by atoms with Crippen molar-refractivity contribution in [2.75, 3.05) is 20.3 Å². The van der Waals surface area contributed by atoms with Crippen LogP contribution in [0.2, 0.25) is 5.02 Å². The van der Waals surface area contributed by atoms with Gasteiger partial charge in [-0.3, -0.25) is 4.79 Å². The number of carbonyl (C=O) groups excluding carboxylic acids is 1. The molecule has 0 radical (unpaired) electrons. The molecule has 110 valence electrons. The Morgan fingerprint density at radius 1 is 1.50 bits per heavy atom. The van der Waals surface area contributed by atoms with Gasteiger partial charge in [-0.2, -0.15) is 0 Å². The highest BCUT2D eigenvalue weighted by molar-refractivity contribution is 6.33. The summed E-state index contributed by atoms with van der Waals surface area (Å²) in [6.45, 7) is 0.0444. The van der Waals surface area contributed by atoms with Gasteiger partial charge in [-0.05, 0) is 18.6 Å². The quantitative estimate of drug-likeness (QED) is 0.867. The Balaban J connectivity index is 2.29. The van der Waals surface area contributed by atoms with Crippen LogP contribution >= 0.6 is 11.6 Å². The summed E-state index contributed by atoms with van der Waals surface area (Å²) in [7, 11) is 1.51. The van der Waals surface area contributed by atoms with Crippen LogP contribution in [0.15, 0.2) is 12.1 Å². The van der Waals surface area contributed by atoms with Gasteiger partial charge in [0.1, 0.15) is 0 Å². The minimum atomic E-state index is -1.14. The summed E-state index contributed by atoms with van der Waals surface area (Å²) in [4.78, 5) is 13.7. The number of benzene rings is 1. The average Bonchev–Trinajstić information content (AvgIpc) is 2.85. The van der Waals surface area contributed by atoms with Gasteiger partial charge in [0.05, 0.1) is 29.3 Å². The van der Waals surface area contributed by atoms with Gasteiger partial charge in [-0.15, -0.1) is 0 Å². The zero-order chi connectivity index (χ0) is 14.9. The molecule has 1 fully saturated rings. The molecule has 4 nitrogen and oxygen atoms in total. The number of ether oxygens (including phenoxy) is 1. The smallest absolute Gasteiger partial charge is 0.255 e. The molecule has 20 heavy (non-hydrogen) atoms. The van der Waals surface area contributed by atoms with E-state index in [9.17, 15) is 18.7 Å². The van der Waals surface area contributed by atoms with Crippen LogP contribution in [0.5, 0.6) is 0 Å². The van der Waals surface area contributed by atoms with E-state index in [1.54, 1.807) is 0 Å². The van der Waals surface area contributed by atoms with Crippen molar-refractivity contribution in [1.29, 1.82) is 0 Å². The molecular weight excluding hydrogens is 292 g/mol. The van der Waals surface area contributed by atoms with E-state index in [2.05, 4.69) is 0 Å². The molecule has 1 heterocycles. The van der Waals surface area contributed by atoms with Gasteiger partial charge < -0.3 is 14.7 Å². The molecule has 0 aliphatic carbocycles. The lowest BCUT2D eigenvalue weighted by atomic mass is 10.1. The van der Waals surface area contributed by atoms with Crippen LogP contribution in [0.3, 0.4) is 0 Å². The number of aliphatic hydroxyl groups excluding tert-OH is 1. The predicted molar refractivity (Wildman–Crippen MR) is 68.7 cm³/mol. The van der Waals surface area contributed by atoms with E-state index in [4.69, 9.17) is 16.3 Å². The SMILES string of the molecule is CO[C@H]1C[C@@H](CO)N(C(=O)c2cc(F)c(F)cc2Cl)C1. The summed E-state index contributed by atoms with van der Waals surface area (Å²) in [5, 5.41) is 9.14. The number of nitrogens with zero attached hydrogens (tertiary/aromatic N) is 1. The van der Waals surface area contributed by atoms with E-state index in [1.807, 2.05) is 0 Å². The van der Waals surface area contributed by atoms with Crippen molar-refractivity contribution in [2.45, 2.75) is 18.6 Å². The number of methoxy groups -OCH3 is 1. The van der Waals surface area contributed by atoms with Crippen LogP contribution in [0, 0.1) is 11.6 Å². The molecule has 1 saturated heterocycles. The topological polar surface area (TPSA) is 49.8 Å². The zero-order valence-electron chi connectivity index (χ0n) is 10.8. The standard InChI is InChI=1S/C13H14ClF2NO3/c1-20-8-2-7(6-18)17(5-8)13(19)9-3-11(15)12(16)4-10(9)14/h3-4,7-8,18H,2,5-6H2,1H3/t7-,8-/m0/s1. The third-order valence-corrected chi connectivity index (χ3v) is 3.73. The van der Waals surface area contributed by atoms with E-state index in [0.29, 0.717) is 6.42 Å². The van der Waals surface area contributed by atoms with Crippen LogP contribution in [-0.4, -0.2) is 48.3 Å². The molecule has 1 aliphatic rings. The molecule has 0 saturated carbocycles. The lowest BCUT2D eigenvalue weighted by Gasteiger charge is -2.23. The Kier molecular flexibility index (Phi) is 4.57. The fourth-order valence-electron chi connectivity index (χ4n) is 2.31. The van der Waals surface area contributed by atoms with Gasteiger partial charge in [0.2, 0.25) is 0 Å². The second kappa shape index (κ2) is 6.03. The molecular formula is C13H14ClF2NO3. The van der Waals surface area contributed by atoms with Crippen molar-refractivity contribution in [2.24, 2.45) is 0 Å². The van der Waals surface area contributed by atoms with Crippen molar-refractivity contribution in [3.63, 3.8) is 0 Å². The summed E-state index contributed by atoms with van der Waals surface area (Å²) >= 11 is 5.79. The lowest BCUT2D eigenvalue weighted by Crippen LogP contribution is -2.38. The van der Waals surface area contributed by atoms with Gasteiger partial charge in [0, 0.05) is 13.7 Å². The number of hydrogen-bond acceptors (Lipinski definition) is 3. The van der Waals surface area contributed by atoms with Crippen molar-refractivity contribution in [3.8, 4) is 0 Å². The third kappa shape index (κ3) is 2.77. The number of halogens is 3. The van der Waals surface area contributed by atoms with Crippen LogP contribution in [0.25, 0.3) is 0 Å². The number of aliphatic hydroxyl groups is 1. The zero-order valence-corrected chi connectivity index (χ0v) is 11.5. The molecule has 0 aromatic heterocycles. The Morgan fingerprint density at radius 2 is 2.15 bits per heavy atom. The van der Waals surface area contributed by atoms with Crippen molar-refractivity contribution < 1.29 is 23.4 Å². The third-order valence-electron chi connectivity index (χ3n) is 3.42. The van der Waals surface area contributed by atoms with E-state index in [-0.39, 0.29) is 29.8 Å². The van der Waals surface area contributed by atoms with Gasteiger partial charge >= 0.3 is 0 Å². The van der Waals surface area contributed by atoms with E-state index < -0.39 is 23.6 Å². The van der Waals surface area contributed by atoms with E-state index in [1.165, 1.54) is 12.0 Å². The minimum Gasteiger partial charge on any atom is -0.394 e. The number of amides is 1. The number of rotatable bonds is 3. The van der Waals surface area contributed by atoms with Crippen LogP contribution < -0.4 is 0 Å². The minimum absolute atomic E-state index is 0.124. The summed E-state index contributed by atoms with van der Waals surface area (Å²) in [5.41, 5.74) is -0.124. The maximum absolute atomic E-state index is 13.2. The van der Waals surface area contributed by atoms with Gasteiger partial charge in [-0.25, -0.2) is 8.78 Å². The molecule has 2 rings (SSSR count). The first kappa shape index (κ1) is 15.2. The Bertz CT molecular complexity index is 527. The lowest BCUT2D eigenvalue weighted by molar-refractivity contribution is 0.0647. The molecule has 1 N–H and O–H groups in total. The van der Waals surface area contributed by atoms with Crippen molar-refractivity contribution >= 4 is 17.5 Å². The molecule has 0 bridgehead atoms. The van der Waals surface area contributed by atoms with Crippen LogP contribution in [0.1, 0.15) is 16.8 Å². The van der Waals surface area contributed by atoms with E-state index in [0.717, 1.165) is 12.1 Å². The first-order valence-electron chi connectivity index (χ1n) is 6.07. The van der Waals surface area contributed by atoms with Gasteiger partial charge in [0.15, 0.2) is 11.6 Å². The first-order chi connectivity index (χ1) is 9.47. The monoisotopic (exact) mass is 305 g/mol. The predicted octanol–water partition coefficient (Wildman–Crippen LogP) is 1.84. The fraction of sp³-hybridized carbons (Fsp3) is 0.462. The summed E-state index contributed by atoms with van der Waals surface area (Å²) < 4.78 is 31.4. The van der Waals surface area contributed by atoms with Crippen LogP contribution in [-0.2, 0) is 4.74 Å².